The van der Waals surface area contributed by atoms with Gasteiger partial charge in [0, 0.05) is 11.8 Å². The SMILES string of the molecule is CC(C)C(N)C(=O)Nc1ccc(/C=C/C(=O)O)cc1. The quantitative estimate of drug-likeness (QED) is 0.704. The molecule has 102 valence electrons. The maximum Gasteiger partial charge on any atom is 0.328 e. The van der Waals surface area contributed by atoms with Crippen LogP contribution in [0.1, 0.15) is 19.4 Å². The highest BCUT2D eigenvalue weighted by Crippen LogP contribution is 2.12. The number of carbonyl (C=O) groups is 2. The standard InChI is InChI=1S/C14H18N2O3/c1-9(2)13(15)14(19)16-11-6-3-10(4-7-11)5-8-12(17)18/h3-9,13H,15H2,1-2H3,(H,16,19)(H,17,18)/b8-5+. The lowest BCUT2D eigenvalue weighted by molar-refractivity contribution is -0.131. The van der Waals surface area contributed by atoms with Gasteiger partial charge in [0.25, 0.3) is 0 Å². The van der Waals surface area contributed by atoms with Crippen molar-refractivity contribution >= 4 is 23.6 Å². The minimum Gasteiger partial charge on any atom is -0.478 e. The summed E-state index contributed by atoms with van der Waals surface area (Å²) < 4.78 is 0. The van der Waals surface area contributed by atoms with Gasteiger partial charge >= 0.3 is 5.97 Å². The van der Waals surface area contributed by atoms with E-state index in [-0.39, 0.29) is 11.8 Å². The summed E-state index contributed by atoms with van der Waals surface area (Å²) in [5.74, 6) is -1.16. The normalized spacial score (nSPS) is 12.6. The van der Waals surface area contributed by atoms with E-state index in [0.29, 0.717) is 5.69 Å². The van der Waals surface area contributed by atoms with E-state index >= 15 is 0 Å². The maximum atomic E-state index is 11.7. The van der Waals surface area contributed by atoms with E-state index in [0.717, 1.165) is 11.6 Å². The first kappa shape index (κ1) is 14.9. The minimum atomic E-state index is -1.000. The molecule has 0 heterocycles. The van der Waals surface area contributed by atoms with Gasteiger partial charge in [-0.1, -0.05) is 26.0 Å². The smallest absolute Gasteiger partial charge is 0.328 e. The van der Waals surface area contributed by atoms with Crippen molar-refractivity contribution in [2.45, 2.75) is 19.9 Å². The molecule has 0 saturated heterocycles. The average Bonchev–Trinajstić information content (AvgIpc) is 2.36. The summed E-state index contributed by atoms with van der Waals surface area (Å²) in [5.41, 5.74) is 7.11. The third-order valence-corrected chi connectivity index (χ3v) is 2.62. The molecule has 1 aromatic carbocycles. The topological polar surface area (TPSA) is 92.4 Å². The Kier molecular flexibility index (Phi) is 5.26. The van der Waals surface area contributed by atoms with Crippen LogP contribution in [0, 0.1) is 5.92 Å². The first-order valence-corrected chi connectivity index (χ1v) is 5.97. The van der Waals surface area contributed by atoms with Crippen molar-refractivity contribution in [1.29, 1.82) is 0 Å². The number of anilines is 1. The number of amides is 1. The van der Waals surface area contributed by atoms with Crippen LogP contribution in [0.25, 0.3) is 6.08 Å². The number of carboxylic acids is 1. The van der Waals surface area contributed by atoms with Crippen LogP contribution in [-0.4, -0.2) is 23.0 Å². The number of carboxylic acid groups (broad SMARTS) is 1. The number of aliphatic carboxylic acids is 1. The van der Waals surface area contributed by atoms with E-state index in [9.17, 15) is 9.59 Å². The van der Waals surface area contributed by atoms with Gasteiger partial charge in [-0.15, -0.1) is 0 Å². The summed E-state index contributed by atoms with van der Waals surface area (Å²) in [7, 11) is 0. The van der Waals surface area contributed by atoms with Gasteiger partial charge in [-0.05, 0) is 29.7 Å². The molecule has 0 bridgehead atoms. The molecule has 0 saturated carbocycles. The summed E-state index contributed by atoms with van der Waals surface area (Å²) >= 11 is 0. The van der Waals surface area contributed by atoms with Gasteiger partial charge in [0.2, 0.25) is 5.91 Å². The summed E-state index contributed by atoms with van der Waals surface area (Å²) in [6.07, 6.45) is 2.54. The average molecular weight is 262 g/mol. The van der Waals surface area contributed by atoms with Crippen molar-refractivity contribution < 1.29 is 14.7 Å². The number of rotatable bonds is 5. The number of nitrogens with one attached hydrogen (secondary N) is 1. The van der Waals surface area contributed by atoms with E-state index in [1.807, 2.05) is 13.8 Å². The van der Waals surface area contributed by atoms with Crippen molar-refractivity contribution in [3.05, 3.63) is 35.9 Å². The monoisotopic (exact) mass is 262 g/mol. The zero-order chi connectivity index (χ0) is 14.4. The molecule has 0 aliphatic carbocycles. The van der Waals surface area contributed by atoms with Gasteiger partial charge in [0.05, 0.1) is 6.04 Å². The molecule has 19 heavy (non-hydrogen) atoms. The van der Waals surface area contributed by atoms with Crippen molar-refractivity contribution in [2.24, 2.45) is 11.7 Å². The van der Waals surface area contributed by atoms with E-state index in [1.165, 1.54) is 6.08 Å². The van der Waals surface area contributed by atoms with Crippen LogP contribution in [0.2, 0.25) is 0 Å². The molecule has 1 rings (SSSR count). The van der Waals surface area contributed by atoms with Gasteiger partial charge in [-0.2, -0.15) is 0 Å². The molecule has 0 spiro atoms. The molecular weight excluding hydrogens is 244 g/mol. The van der Waals surface area contributed by atoms with Crippen LogP contribution in [0.4, 0.5) is 5.69 Å². The molecule has 5 heteroatoms. The maximum absolute atomic E-state index is 11.7. The lowest BCUT2D eigenvalue weighted by Crippen LogP contribution is -2.39. The number of carbonyl (C=O) groups excluding carboxylic acids is 1. The molecule has 1 amide bonds. The number of hydrogen-bond donors (Lipinski definition) is 3. The Labute approximate surface area is 112 Å². The third kappa shape index (κ3) is 4.93. The first-order valence-electron chi connectivity index (χ1n) is 5.97. The van der Waals surface area contributed by atoms with Crippen LogP contribution in [0.15, 0.2) is 30.3 Å². The molecule has 0 aromatic heterocycles. The van der Waals surface area contributed by atoms with E-state index in [1.54, 1.807) is 24.3 Å². The number of nitrogens with two attached hydrogens (primary N) is 1. The van der Waals surface area contributed by atoms with Gasteiger partial charge in [0.15, 0.2) is 0 Å². The largest absolute Gasteiger partial charge is 0.478 e. The summed E-state index contributed by atoms with van der Waals surface area (Å²) in [6.45, 7) is 3.76. The molecule has 1 aromatic rings. The highest BCUT2D eigenvalue weighted by atomic mass is 16.4. The highest BCUT2D eigenvalue weighted by Gasteiger charge is 2.16. The Bertz CT molecular complexity index is 478. The van der Waals surface area contributed by atoms with E-state index in [4.69, 9.17) is 10.8 Å². The molecule has 1 atom stereocenters. The molecule has 5 nitrogen and oxygen atoms in total. The van der Waals surface area contributed by atoms with Gasteiger partial charge in [0.1, 0.15) is 0 Å². The fourth-order valence-corrected chi connectivity index (χ4v) is 1.37. The van der Waals surface area contributed by atoms with Gasteiger partial charge in [-0.3, -0.25) is 4.79 Å². The van der Waals surface area contributed by atoms with E-state index in [2.05, 4.69) is 5.32 Å². The second-order valence-electron chi connectivity index (χ2n) is 4.55. The molecule has 0 aliphatic rings. The first-order chi connectivity index (χ1) is 8.90. The predicted octanol–water partition coefficient (Wildman–Crippen LogP) is 1.71. The fourth-order valence-electron chi connectivity index (χ4n) is 1.37. The van der Waals surface area contributed by atoms with Crippen molar-refractivity contribution in [3.63, 3.8) is 0 Å². The van der Waals surface area contributed by atoms with E-state index < -0.39 is 12.0 Å². The lowest BCUT2D eigenvalue weighted by Gasteiger charge is -2.15. The van der Waals surface area contributed by atoms with Crippen molar-refractivity contribution in [2.75, 3.05) is 5.32 Å². The van der Waals surface area contributed by atoms with Crippen molar-refractivity contribution in [3.8, 4) is 0 Å². The molecule has 1 unspecified atom stereocenters. The summed E-state index contributed by atoms with van der Waals surface area (Å²) in [5, 5.41) is 11.2. The molecular formula is C14H18N2O3. The number of benzene rings is 1. The van der Waals surface area contributed by atoms with Crippen LogP contribution < -0.4 is 11.1 Å². The fraction of sp³-hybridized carbons (Fsp3) is 0.286. The highest BCUT2D eigenvalue weighted by molar-refractivity contribution is 5.95. The van der Waals surface area contributed by atoms with Gasteiger partial charge in [-0.25, -0.2) is 4.79 Å². The summed E-state index contributed by atoms with van der Waals surface area (Å²) in [4.78, 5) is 22.1. The van der Waals surface area contributed by atoms with Crippen LogP contribution in [-0.2, 0) is 9.59 Å². The molecule has 0 fully saturated rings. The number of hydrogen-bond acceptors (Lipinski definition) is 3. The Morgan fingerprint density at radius 1 is 1.26 bits per heavy atom. The molecule has 0 radical (unpaired) electrons. The Hall–Kier alpha value is -2.14. The molecule has 0 aliphatic heterocycles. The zero-order valence-electron chi connectivity index (χ0n) is 11.0. The minimum absolute atomic E-state index is 0.0674. The molecule has 4 N–H and O–H groups in total. The van der Waals surface area contributed by atoms with Crippen LogP contribution >= 0.6 is 0 Å². The Morgan fingerprint density at radius 3 is 2.32 bits per heavy atom. The zero-order valence-corrected chi connectivity index (χ0v) is 11.0. The van der Waals surface area contributed by atoms with Crippen molar-refractivity contribution in [1.82, 2.24) is 0 Å². The summed E-state index contributed by atoms with van der Waals surface area (Å²) in [6, 6.07) is 6.29. The second-order valence-corrected chi connectivity index (χ2v) is 4.55. The van der Waals surface area contributed by atoms with Crippen LogP contribution in [0.5, 0.6) is 0 Å². The van der Waals surface area contributed by atoms with Crippen LogP contribution in [0.3, 0.4) is 0 Å². The Balaban J connectivity index is 2.67. The predicted molar refractivity (Wildman–Crippen MR) is 74.6 cm³/mol. The van der Waals surface area contributed by atoms with Gasteiger partial charge < -0.3 is 16.2 Å². The second kappa shape index (κ2) is 6.70. The third-order valence-electron chi connectivity index (χ3n) is 2.62. The lowest BCUT2D eigenvalue weighted by atomic mass is 10.0. The Morgan fingerprint density at radius 2 is 1.84 bits per heavy atom.